The second-order valence-corrected chi connectivity index (χ2v) is 7.65. The fraction of sp³-hybridized carbons (Fsp3) is 0.950. The lowest BCUT2D eigenvalue weighted by Crippen LogP contribution is -2.54. The number of rotatable bonds is 9. The molecule has 0 aromatic carbocycles. The average molecular weight is 370 g/mol. The van der Waals surface area contributed by atoms with Crippen molar-refractivity contribution >= 4 is 5.91 Å². The van der Waals surface area contributed by atoms with E-state index in [1.165, 1.54) is 0 Å². The van der Waals surface area contributed by atoms with Crippen LogP contribution in [0.4, 0.5) is 0 Å². The number of morpholine rings is 1. The van der Waals surface area contributed by atoms with Crippen LogP contribution in [-0.4, -0.2) is 86.9 Å². The van der Waals surface area contributed by atoms with Gasteiger partial charge in [0.05, 0.1) is 25.4 Å². The van der Waals surface area contributed by atoms with Crippen molar-refractivity contribution < 1.29 is 14.3 Å². The van der Waals surface area contributed by atoms with E-state index in [9.17, 15) is 4.79 Å². The molecule has 0 unspecified atom stereocenters. The van der Waals surface area contributed by atoms with Crippen molar-refractivity contribution in [1.82, 2.24) is 15.1 Å². The Morgan fingerprint density at radius 2 is 1.88 bits per heavy atom. The van der Waals surface area contributed by atoms with Gasteiger partial charge < -0.3 is 19.7 Å². The van der Waals surface area contributed by atoms with E-state index < -0.39 is 0 Å². The molecule has 0 spiro atoms. The molecule has 0 radical (unpaired) electrons. The number of hydrogen-bond acceptors (Lipinski definition) is 5. The van der Waals surface area contributed by atoms with Gasteiger partial charge in [-0.2, -0.15) is 0 Å². The first-order valence-corrected chi connectivity index (χ1v) is 10.6. The Hall–Kier alpha value is -0.690. The van der Waals surface area contributed by atoms with Crippen molar-refractivity contribution in [3.63, 3.8) is 0 Å². The first-order chi connectivity index (χ1) is 12.7. The fourth-order valence-corrected chi connectivity index (χ4v) is 4.17. The summed E-state index contributed by atoms with van der Waals surface area (Å²) in [6, 6.07) is -0.0134. The van der Waals surface area contributed by atoms with Crippen LogP contribution in [-0.2, 0) is 14.3 Å². The van der Waals surface area contributed by atoms with Crippen molar-refractivity contribution in [2.45, 2.75) is 58.6 Å². The van der Waals surface area contributed by atoms with Gasteiger partial charge in [0.15, 0.2) is 0 Å². The molecule has 2 aliphatic rings. The Balaban J connectivity index is 1.78. The number of carbonyl (C=O) groups is 1. The summed E-state index contributed by atoms with van der Waals surface area (Å²) < 4.78 is 11.2. The minimum Gasteiger partial charge on any atom is -0.379 e. The lowest BCUT2D eigenvalue weighted by atomic mass is 9.91. The smallest absolute Gasteiger partial charge is 0.237 e. The molecule has 1 N–H and O–H groups in total. The minimum atomic E-state index is -0.0134. The predicted octanol–water partition coefficient (Wildman–Crippen LogP) is 1.74. The van der Waals surface area contributed by atoms with E-state index >= 15 is 0 Å². The van der Waals surface area contributed by atoms with Crippen molar-refractivity contribution in [3.05, 3.63) is 0 Å². The quantitative estimate of drug-likeness (QED) is 0.628. The number of nitrogens with one attached hydrogen (secondary N) is 1. The van der Waals surface area contributed by atoms with Gasteiger partial charge in [-0.25, -0.2) is 0 Å². The highest BCUT2D eigenvalue weighted by Crippen LogP contribution is 2.20. The molecule has 2 saturated heterocycles. The summed E-state index contributed by atoms with van der Waals surface area (Å²) in [7, 11) is 0. The molecule has 6 heteroatoms. The Morgan fingerprint density at radius 1 is 1.15 bits per heavy atom. The highest BCUT2D eigenvalue weighted by Gasteiger charge is 2.32. The molecular weight excluding hydrogens is 330 g/mol. The maximum atomic E-state index is 12.9. The molecule has 2 heterocycles. The van der Waals surface area contributed by atoms with Gasteiger partial charge in [-0.1, -0.05) is 26.7 Å². The lowest BCUT2D eigenvalue weighted by molar-refractivity contribution is -0.130. The molecular formula is C20H39N3O3. The zero-order chi connectivity index (χ0) is 18.8. The van der Waals surface area contributed by atoms with Crippen LogP contribution in [0, 0.1) is 5.92 Å². The number of ether oxygens (including phenoxy) is 2. The zero-order valence-corrected chi connectivity index (χ0v) is 17.0. The largest absolute Gasteiger partial charge is 0.379 e. The van der Waals surface area contributed by atoms with Gasteiger partial charge in [-0.05, 0) is 32.2 Å². The van der Waals surface area contributed by atoms with Gasteiger partial charge in [0, 0.05) is 39.3 Å². The third-order valence-corrected chi connectivity index (χ3v) is 5.69. The van der Waals surface area contributed by atoms with Crippen molar-refractivity contribution in [3.8, 4) is 0 Å². The number of carbonyl (C=O) groups excluding carboxylic acids is 1. The molecule has 2 atom stereocenters. The van der Waals surface area contributed by atoms with Crippen LogP contribution in [0.5, 0.6) is 0 Å². The predicted molar refractivity (Wildman–Crippen MR) is 104 cm³/mol. The van der Waals surface area contributed by atoms with Crippen LogP contribution >= 0.6 is 0 Å². The average Bonchev–Trinajstić information content (AvgIpc) is 2.87. The zero-order valence-electron chi connectivity index (χ0n) is 17.0. The highest BCUT2D eigenvalue weighted by molar-refractivity contribution is 5.82. The molecule has 0 aromatic rings. The molecule has 0 saturated carbocycles. The van der Waals surface area contributed by atoms with E-state index in [1.54, 1.807) is 0 Å². The Kier molecular flexibility index (Phi) is 9.89. The Bertz CT molecular complexity index is 398. The number of amides is 1. The summed E-state index contributed by atoms with van der Waals surface area (Å²) in [4.78, 5) is 17.7. The fourth-order valence-electron chi connectivity index (χ4n) is 4.17. The van der Waals surface area contributed by atoms with Crippen LogP contribution in [0.1, 0.15) is 46.5 Å². The minimum absolute atomic E-state index is 0.0134. The summed E-state index contributed by atoms with van der Waals surface area (Å²) in [5.74, 6) is 0.616. The van der Waals surface area contributed by atoms with Crippen molar-refractivity contribution in [2.24, 2.45) is 5.92 Å². The van der Waals surface area contributed by atoms with Gasteiger partial charge in [-0.3, -0.25) is 9.69 Å². The maximum Gasteiger partial charge on any atom is 0.237 e. The summed E-state index contributed by atoms with van der Waals surface area (Å²) in [5.41, 5.74) is 0. The SMILES string of the molecule is CCC(CC)[C@@H](C(=O)NCCCN1CCCO[C@H](C)C1)N1CCOCC1. The van der Waals surface area contributed by atoms with E-state index in [0.29, 0.717) is 12.0 Å². The van der Waals surface area contributed by atoms with Gasteiger partial charge in [0.25, 0.3) is 0 Å². The maximum absolute atomic E-state index is 12.9. The topological polar surface area (TPSA) is 54.0 Å². The molecule has 152 valence electrons. The van der Waals surface area contributed by atoms with Gasteiger partial charge in [-0.15, -0.1) is 0 Å². The summed E-state index contributed by atoms with van der Waals surface area (Å²) in [6.45, 7) is 14.5. The molecule has 2 rings (SSSR count). The molecule has 2 aliphatic heterocycles. The van der Waals surface area contributed by atoms with E-state index in [-0.39, 0.29) is 11.9 Å². The molecule has 6 nitrogen and oxygen atoms in total. The van der Waals surface area contributed by atoms with Gasteiger partial charge >= 0.3 is 0 Å². The molecule has 0 bridgehead atoms. The van der Waals surface area contributed by atoms with Crippen molar-refractivity contribution in [1.29, 1.82) is 0 Å². The van der Waals surface area contributed by atoms with Crippen LogP contribution in [0.2, 0.25) is 0 Å². The molecule has 0 aromatic heterocycles. The first-order valence-electron chi connectivity index (χ1n) is 10.6. The third kappa shape index (κ3) is 6.80. The molecule has 26 heavy (non-hydrogen) atoms. The normalized spacial score (nSPS) is 24.4. The monoisotopic (exact) mass is 369 g/mol. The molecule has 1 amide bonds. The third-order valence-electron chi connectivity index (χ3n) is 5.69. The van der Waals surface area contributed by atoms with E-state index in [2.05, 4.69) is 35.9 Å². The van der Waals surface area contributed by atoms with Crippen molar-refractivity contribution in [2.75, 3.05) is 59.1 Å². The number of nitrogens with zero attached hydrogens (tertiary/aromatic N) is 2. The first kappa shape index (κ1) is 21.6. The lowest BCUT2D eigenvalue weighted by Gasteiger charge is -2.37. The van der Waals surface area contributed by atoms with Crippen LogP contribution in [0.15, 0.2) is 0 Å². The van der Waals surface area contributed by atoms with Crippen LogP contribution in [0.25, 0.3) is 0 Å². The summed E-state index contributed by atoms with van der Waals surface area (Å²) in [6.07, 6.45) is 4.49. The molecule has 2 fully saturated rings. The Morgan fingerprint density at radius 3 is 2.58 bits per heavy atom. The Labute approximate surface area is 159 Å². The number of hydrogen-bond donors (Lipinski definition) is 1. The van der Waals surface area contributed by atoms with Gasteiger partial charge in [0.2, 0.25) is 5.91 Å². The molecule has 0 aliphatic carbocycles. The van der Waals surface area contributed by atoms with E-state index in [1.807, 2.05) is 0 Å². The standard InChI is InChI=1S/C20H39N3O3/c1-4-18(5-2)19(23-11-14-25-15-12-23)20(24)21-8-6-9-22-10-7-13-26-17(3)16-22/h17-19H,4-16H2,1-3H3,(H,21,24)/t17-,19+/m1/s1. The van der Waals surface area contributed by atoms with E-state index in [0.717, 1.165) is 84.8 Å². The second kappa shape index (κ2) is 11.9. The summed E-state index contributed by atoms with van der Waals surface area (Å²) >= 11 is 0. The van der Waals surface area contributed by atoms with E-state index in [4.69, 9.17) is 9.47 Å². The summed E-state index contributed by atoms with van der Waals surface area (Å²) in [5, 5.41) is 3.22. The van der Waals surface area contributed by atoms with Crippen LogP contribution in [0.3, 0.4) is 0 Å². The van der Waals surface area contributed by atoms with Crippen LogP contribution < -0.4 is 5.32 Å². The second-order valence-electron chi connectivity index (χ2n) is 7.65. The van der Waals surface area contributed by atoms with Gasteiger partial charge in [0.1, 0.15) is 0 Å². The highest BCUT2D eigenvalue weighted by atomic mass is 16.5.